The van der Waals surface area contributed by atoms with Gasteiger partial charge in [0.2, 0.25) is 0 Å². The van der Waals surface area contributed by atoms with Crippen LogP contribution in [0.15, 0.2) is 59.6 Å². The molecule has 2 aromatic rings. The number of rotatable bonds is 6. The molecule has 0 amide bonds. The van der Waals surface area contributed by atoms with Crippen molar-refractivity contribution in [2.45, 2.75) is 19.1 Å². The number of thiocarbonyl (C=S) groups is 1. The van der Waals surface area contributed by atoms with Crippen LogP contribution >= 0.6 is 12.2 Å². The summed E-state index contributed by atoms with van der Waals surface area (Å²) in [4.78, 5) is 15.2. The van der Waals surface area contributed by atoms with Crippen LogP contribution in [0.25, 0.3) is 0 Å². The number of carbonyl (C=O) groups is 1. The first-order valence-electron chi connectivity index (χ1n) is 6.66. The Morgan fingerprint density at radius 1 is 1.23 bits per heavy atom. The lowest BCUT2D eigenvalue weighted by molar-refractivity contribution is -0.142. The number of nitrogens with zero attached hydrogens (tertiary/aromatic N) is 1. The van der Waals surface area contributed by atoms with Crippen LogP contribution in [0.5, 0.6) is 5.75 Å². The number of isothiocyanates is 1. The van der Waals surface area contributed by atoms with Crippen LogP contribution in [0.1, 0.15) is 18.1 Å². The third kappa shape index (κ3) is 3.58. The summed E-state index contributed by atoms with van der Waals surface area (Å²) in [6, 6.07) is 16.6. The van der Waals surface area contributed by atoms with E-state index < -0.39 is 11.5 Å². The Morgan fingerprint density at radius 3 is 2.41 bits per heavy atom. The maximum absolute atomic E-state index is 11.4. The van der Waals surface area contributed by atoms with Crippen LogP contribution in [0, 0.1) is 0 Å². The molecule has 0 aliphatic carbocycles. The molecular formula is C17H15NO3S. The van der Waals surface area contributed by atoms with Gasteiger partial charge in [-0.2, -0.15) is 0 Å². The van der Waals surface area contributed by atoms with E-state index in [4.69, 9.17) is 4.74 Å². The predicted molar refractivity (Wildman–Crippen MR) is 87.2 cm³/mol. The Bertz CT molecular complexity index is 690. The molecule has 4 nitrogen and oxygen atoms in total. The van der Waals surface area contributed by atoms with Crippen LogP contribution < -0.4 is 4.74 Å². The fourth-order valence-electron chi connectivity index (χ4n) is 1.94. The quantitative estimate of drug-likeness (QED) is 0.653. The molecule has 5 heteroatoms. The summed E-state index contributed by atoms with van der Waals surface area (Å²) >= 11 is 4.54. The van der Waals surface area contributed by atoms with Crippen LogP contribution in [0.2, 0.25) is 0 Å². The minimum absolute atomic E-state index is 0.453. The molecule has 0 unspecified atom stereocenters. The van der Waals surface area contributed by atoms with Gasteiger partial charge in [-0.25, -0.2) is 9.79 Å². The number of carboxylic acid groups (broad SMARTS) is 1. The number of hydrogen-bond acceptors (Lipinski definition) is 4. The molecule has 0 bridgehead atoms. The Kier molecular flexibility index (Phi) is 5.04. The molecule has 0 aromatic heterocycles. The van der Waals surface area contributed by atoms with Gasteiger partial charge < -0.3 is 9.84 Å². The van der Waals surface area contributed by atoms with E-state index in [2.05, 4.69) is 22.4 Å². The fourth-order valence-corrected chi connectivity index (χ4v) is 2.13. The second kappa shape index (κ2) is 6.98. The lowest BCUT2D eigenvalue weighted by Crippen LogP contribution is -2.29. The topological polar surface area (TPSA) is 58.9 Å². The van der Waals surface area contributed by atoms with Crippen LogP contribution in [-0.2, 0) is 16.9 Å². The smallest absolute Gasteiger partial charge is 0.336 e. The highest BCUT2D eigenvalue weighted by Gasteiger charge is 2.34. The number of ether oxygens (including phenoxy) is 1. The van der Waals surface area contributed by atoms with E-state index in [0.29, 0.717) is 17.9 Å². The van der Waals surface area contributed by atoms with Crippen molar-refractivity contribution in [3.05, 3.63) is 65.7 Å². The first-order chi connectivity index (χ1) is 10.6. The lowest BCUT2D eigenvalue weighted by atomic mass is 9.93. The van der Waals surface area contributed by atoms with Crippen LogP contribution in [0.4, 0.5) is 0 Å². The van der Waals surface area contributed by atoms with Crippen molar-refractivity contribution in [2.75, 3.05) is 0 Å². The Balaban J connectivity index is 2.13. The molecule has 0 aliphatic rings. The van der Waals surface area contributed by atoms with Crippen molar-refractivity contribution in [1.29, 1.82) is 0 Å². The van der Waals surface area contributed by atoms with Gasteiger partial charge in [-0.3, -0.25) is 0 Å². The van der Waals surface area contributed by atoms with Crippen molar-refractivity contribution < 1.29 is 14.6 Å². The second-order valence-corrected chi connectivity index (χ2v) is 5.06. The van der Waals surface area contributed by atoms with Gasteiger partial charge in [0.1, 0.15) is 12.4 Å². The minimum Gasteiger partial charge on any atom is -0.489 e. The van der Waals surface area contributed by atoms with Crippen molar-refractivity contribution >= 4 is 23.3 Å². The van der Waals surface area contributed by atoms with Gasteiger partial charge in [0.15, 0.2) is 5.54 Å². The molecule has 1 N–H and O–H groups in total. The highest BCUT2D eigenvalue weighted by Crippen LogP contribution is 2.27. The van der Waals surface area contributed by atoms with E-state index >= 15 is 0 Å². The van der Waals surface area contributed by atoms with E-state index in [1.165, 1.54) is 6.92 Å². The molecule has 0 spiro atoms. The van der Waals surface area contributed by atoms with E-state index in [0.717, 1.165) is 5.56 Å². The minimum atomic E-state index is -1.43. The molecule has 1 atom stereocenters. The van der Waals surface area contributed by atoms with E-state index in [1.54, 1.807) is 24.3 Å². The summed E-state index contributed by atoms with van der Waals surface area (Å²) in [6.45, 7) is 1.93. The zero-order chi connectivity index (χ0) is 16.0. The first kappa shape index (κ1) is 15.9. The molecule has 2 aromatic carbocycles. The maximum Gasteiger partial charge on any atom is 0.336 e. The molecule has 112 valence electrons. The highest BCUT2D eigenvalue weighted by molar-refractivity contribution is 7.78. The molecule has 0 heterocycles. The molecule has 0 saturated heterocycles. The standard InChI is InChI=1S/C17H15NO3S/c1-17(16(19)20,18-12-22)14-7-9-15(10-8-14)21-11-13-5-3-2-4-6-13/h2-10H,11H2,1H3,(H,19,20)/t17-/m1/s1. The largest absolute Gasteiger partial charge is 0.489 e. The normalized spacial score (nSPS) is 12.8. The zero-order valence-electron chi connectivity index (χ0n) is 12.0. The first-order valence-corrected chi connectivity index (χ1v) is 7.07. The van der Waals surface area contributed by atoms with Gasteiger partial charge in [0.25, 0.3) is 0 Å². The zero-order valence-corrected chi connectivity index (χ0v) is 12.8. The highest BCUT2D eigenvalue weighted by atomic mass is 32.1. The van der Waals surface area contributed by atoms with E-state index in [-0.39, 0.29) is 0 Å². The van der Waals surface area contributed by atoms with Crippen molar-refractivity contribution in [3.8, 4) is 5.75 Å². The van der Waals surface area contributed by atoms with Crippen molar-refractivity contribution in [1.82, 2.24) is 0 Å². The van der Waals surface area contributed by atoms with Gasteiger partial charge in [0.05, 0.1) is 5.16 Å². The number of benzene rings is 2. The molecule has 2 rings (SSSR count). The van der Waals surface area contributed by atoms with E-state index in [1.807, 2.05) is 30.3 Å². The summed E-state index contributed by atoms with van der Waals surface area (Å²) < 4.78 is 5.67. The van der Waals surface area contributed by atoms with Crippen molar-refractivity contribution in [3.63, 3.8) is 0 Å². The second-order valence-electron chi connectivity index (χ2n) is 4.88. The maximum atomic E-state index is 11.4. The number of hydrogen-bond donors (Lipinski definition) is 1. The SMILES string of the molecule is C[C@](N=C=S)(C(=O)O)c1ccc(OCc2ccccc2)cc1. The number of aliphatic imine (C=N–C) groups is 1. The number of aliphatic carboxylic acids is 1. The summed E-state index contributed by atoms with van der Waals surface area (Å²) in [5.74, 6) is -0.422. The summed E-state index contributed by atoms with van der Waals surface area (Å²) in [6.07, 6.45) is 0. The van der Waals surface area contributed by atoms with Gasteiger partial charge in [0, 0.05) is 0 Å². The third-order valence-corrected chi connectivity index (χ3v) is 3.44. The van der Waals surface area contributed by atoms with Gasteiger partial charge in [-0.1, -0.05) is 42.5 Å². The lowest BCUT2D eigenvalue weighted by Gasteiger charge is -2.19. The molecule has 0 aliphatic heterocycles. The van der Waals surface area contributed by atoms with Gasteiger partial charge >= 0.3 is 5.97 Å². The summed E-state index contributed by atoms with van der Waals surface area (Å²) in [5.41, 5.74) is 0.149. The number of carboxylic acids is 1. The summed E-state index contributed by atoms with van der Waals surface area (Å²) in [5, 5.41) is 11.5. The average Bonchev–Trinajstić information content (AvgIpc) is 2.54. The monoisotopic (exact) mass is 313 g/mol. The van der Waals surface area contributed by atoms with Gasteiger partial charge in [-0.15, -0.1) is 0 Å². The molecular weight excluding hydrogens is 298 g/mol. The molecule has 0 radical (unpaired) electrons. The van der Waals surface area contributed by atoms with Crippen molar-refractivity contribution in [2.24, 2.45) is 4.99 Å². The van der Waals surface area contributed by atoms with Crippen LogP contribution in [0.3, 0.4) is 0 Å². The van der Waals surface area contributed by atoms with E-state index in [9.17, 15) is 9.90 Å². The third-order valence-electron chi connectivity index (χ3n) is 3.35. The summed E-state index contributed by atoms with van der Waals surface area (Å²) in [7, 11) is 0. The average molecular weight is 313 g/mol. The molecule has 0 saturated carbocycles. The predicted octanol–water partition coefficient (Wildman–Crippen LogP) is 3.67. The Morgan fingerprint density at radius 2 is 1.86 bits per heavy atom. The molecule has 22 heavy (non-hydrogen) atoms. The Hall–Kier alpha value is -2.49. The van der Waals surface area contributed by atoms with Crippen LogP contribution in [-0.4, -0.2) is 16.2 Å². The van der Waals surface area contributed by atoms with Gasteiger partial charge in [-0.05, 0) is 42.4 Å². The molecule has 0 fully saturated rings. The fraction of sp³-hybridized carbons (Fsp3) is 0.176. The Labute approximate surface area is 134 Å².